The van der Waals surface area contributed by atoms with Crippen LogP contribution < -0.4 is 4.74 Å². The summed E-state index contributed by atoms with van der Waals surface area (Å²) in [6.45, 7) is 2.90. The number of hydrogen-bond acceptors (Lipinski definition) is 5. The third-order valence-corrected chi connectivity index (χ3v) is 4.92. The van der Waals surface area contributed by atoms with Gasteiger partial charge in [0.1, 0.15) is 30.5 Å². The number of benzene rings is 3. The lowest BCUT2D eigenvalue weighted by molar-refractivity contribution is 0.303. The molecule has 0 fully saturated rings. The zero-order valence-corrected chi connectivity index (χ0v) is 18.4. The molecule has 0 saturated heterocycles. The van der Waals surface area contributed by atoms with E-state index in [0.717, 1.165) is 28.9 Å². The molecule has 4 aromatic rings. The molecule has 5 heteroatoms. The number of nitrogens with zero attached hydrogens (tertiary/aromatic N) is 3. The molecule has 164 valence electrons. The highest BCUT2D eigenvalue weighted by molar-refractivity contribution is 5.76. The molecule has 4 rings (SSSR count). The molecule has 3 aromatic carbocycles. The Hall–Kier alpha value is -3.73. The summed E-state index contributed by atoms with van der Waals surface area (Å²) in [5.74, 6) is 0.975. The van der Waals surface area contributed by atoms with E-state index in [-0.39, 0.29) is 5.75 Å². The minimum atomic E-state index is 0.251. The van der Waals surface area contributed by atoms with Crippen LogP contribution in [0.1, 0.15) is 32.6 Å². The van der Waals surface area contributed by atoms with Gasteiger partial charge < -0.3 is 9.84 Å². The van der Waals surface area contributed by atoms with Gasteiger partial charge in [0.15, 0.2) is 0 Å². The van der Waals surface area contributed by atoms with Crippen molar-refractivity contribution in [3.63, 3.8) is 0 Å². The molecule has 0 bridgehead atoms. The van der Waals surface area contributed by atoms with Crippen LogP contribution in [-0.4, -0.2) is 26.7 Å². The first-order valence-corrected chi connectivity index (χ1v) is 10.9. The monoisotopic (exact) mass is 427 g/mol. The van der Waals surface area contributed by atoms with Crippen molar-refractivity contribution in [3.05, 3.63) is 91.8 Å². The quantitative estimate of drug-likeness (QED) is 0.323. The van der Waals surface area contributed by atoms with Crippen molar-refractivity contribution >= 4 is 0 Å². The lowest BCUT2D eigenvalue weighted by atomic mass is 9.98. The zero-order valence-electron chi connectivity index (χ0n) is 18.4. The standard InChI is InChI=1S/C24H26O2.C3H3N3/c1-2-3-4-8-16-26-22-14-15-23(24(25)18-22)21-13-9-12-20(17-21)19-10-6-5-7-11-19;1-4-2-6-3-5-1/h5-7,9-15,17-18,25H,2-4,8,16H2,1H3;1-3H. The number of phenolic OH excluding ortho intramolecular Hbond substituents is 1. The largest absolute Gasteiger partial charge is 0.507 e. The van der Waals surface area contributed by atoms with Crippen molar-refractivity contribution in [1.29, 1.82) is 0 Å². The Morgan fingerprint density at radius 3 is 2.03 bits per heavy atom. The molecular weight excluding hydrogens is 398 g/mol. The lowest BCUT2D eigenvalue weighted by Gasteiger charge is -2.11. The van der Waals surface area contributed by atoms with Gasteiger partial charge in [0.25, 0.3) is 0 Å². The minimum Gasteiger partial charge on any atom is -0.507 e. The van der Waals surface area contributed by atoms with E-state index in [1.807, 2.05) is 42.5 Å². The molecule has 0 radical (unpaired) electrons. The van der Waals surface area contributed by atoms with Crippen LogP contribution in [-0.2, 0) is 0 Å². The summed E-state index contributed by atoms with van der Waals surface area (Å²) >= 11 is 0. The van der Waals surface area contributed by atoms with E-state index in [1.54, 1.807) is 6.07 Å². The van der Waals surface area contributed by atoms with E-state index in [1.165, 1.54) is 43.8 Å². The van der Waals surface area contributed by atoms with Crippen LogP contribution in [0.15, 0.2) is 91.8 Å². The third kappa shape index (κ3) is 7.20. The van der Waals surface area contributed by atoms with Gasteiger partial charge in [-0.25, -0.2) is 15.0 Å². The molecule has 0 saturated carbocycles. The Kier molecular flexibility index (Phi) is 9.21. The second-order valence-corrected chi connectivity index (χ2v) is 7.33. The first-order chi connectivity index (χ1) is 15.8. The Morgan fingerprint density at radius 2 is 1.38 bits per heavy atom. The zero-order chi connectivity index (χ0) is 22.4. The molecule has 0 amide bonds. The van der Waals surface area contributed by atoms with Gasteiger partial charge in [-0.2, -0.15) is 0 Å². The molecule has 0 aliphatic rings. The number of phenols is 1. The van der Waals surface area contributed by atoms with Crippen LogP contribution in [0, 0.1) is 0 Å². The number of hydrogen-bond donors (Lipinski definition) is 1. The molecule has 0 atom stereocenters. The topological polar surface area (TPSA) is 68.1 Å². The van der Waals surface area contributed by atoms with Crippen LogP contribution in [0.3, 0.4) is 0 Å². The van der Waals surface area contributed by atoms with Crippen molar-refractivity contribution < 1.29 is 9.84 Å². The number of aromatic nitrogens is 3. The summed E-state index contributed by atoms with van der Waals surface area (Å²) in [4.78, 5) is 10.7. The highest BCUT2D eigenvalue weighted by Gasteiger charge is 2.08. The number of ether oxygens (including phenoxy) is 1. The molecular formula is C27H29N3O2. The van der Waals surface area contributed by atoms with E-state index < -0.39 is 0 Å². The second kappa shape index (κ2) is 12.8. The minimum absolute atomic E-state index is 0.251. The molecule has 0 spiro atoms. The maximum Gasteiger partial charge on any atom is 0.127 e. The summed E-state index contributed by atoms with van der Waals surface area (Å²) in [6, 6.07) is 24.1. The average Bonchev–Trinajstić information content (AvgIpc) is 2.86. The fourth-order valence-electron chi connectivity index (χ4n) is 3.27. The van der Waals surface area contributed by atoms with E-state index in [0.29, 0.717) is 6.61 Å². The Bertz CT molecular complexity index is 1030. The third-order valence-electron chi connectivity index (χ3n) is 4.92. The highest BCUT2D eigenvalue weighted by atomic mass is 16.5. The average molecular weight is 428 g/mol. The van der Waals surface area contributed by atoms with Crippen molar-refractivity contribution in [2.45, 2.75) is 32.6 Å². The molecule has 1 aromatic heterocycles. The maximum absolute atomic E-state index is 10.5. The lowest BCUT2D eigenvalue weighted by Crippen LogP contribution is -1.97. The van der Waals surface area contributed by atoms with E-state index in [4.69, 9.17) is 4.74 Å². The molecule has 0 unspecified atom stereocenters. The second-order valence-electron chi connectivity index (χ2n) is 7.33. The van der Waals surface area contributed by atoms with Gasteiger partial charge in [-0.1, -0.05) is 74.7 Å². The SMILES string of the molecule is CCCCCCOc1ccc(-c2cccc(-c3ccccc3)c2)c(O)c1.c1ncncn1. The number of aromatic hydroxyl groups is 1. The predicted octanol–water partition coefficient (Wildman–Crippen LogP) is 6.56. The molecule has 0 aliphatic carbocycles. The van der Waals surface area contributed by atoms with Gasteiger partial charge in [0, 0.05) is 11.6 Å². The van der Waals surface area contributed by atoms with Crippen LogP contribution in [0.25, 0.3) is 22.3 Å². The molecule has 0 aliphatic heterocycles. The molecule has 1 N–H and O–H groups in total. The van der Waals surface area contributed by atoms with Crippen molar-refractivity contribution in [2.24, 2.45) is 0 Å². The van der Waals surface area contributed by atoms with Crippen LogP contribution in [0.2, 0.25) is 0 Å². The normalized spacial score (nSPS) is 10.2. The van der Waals surface area contributed by atoms with Crippen molar-refractivity contribution in [2.75, 3.05) is 6.61 Å². The van der Waals surface area contributed by atoms with Gasteiger partial charge >= 0.3 is 0 Å². The van der Waals surface area contributed by atoms with Gasteiger partial charge in [-0.05, 0) is 41.3 Å². The number of rotatable bonds is 8. The van der Waals surface area contributed by atoms with Crippen LogP contribution >= 0.6 is 0 Å². The first kappa shape index (κ1) is 22.9. The van der Waals surface area contributed by atoms with Crippen molar-refractivity contribution in [1.82, 2.24) is 15.0 Å². The van der Waals surface area contributed by atoms with Gasteiger partial charge in [0.2, 0.25) is 0 Å². The summed E-state index contributed by atoms with van der Waals surface area (Å²) in [5, 5.41) is 10.5. The Morgan fingerprint density at radius 1 is 0.688 bits per heavy atom. The van der Waals surface area contributed by atoms with E-state index in [2.05, 4.69) is 46.1 Å². The van der Waals surface area contributed by atoms with Gasteiger partial charge in [-0.3, -0.25) is 0 Å². The summed E-state index contributed by atoms with van der Waals surface area (Å²) in [5.41, 5.74) is 4.12. The fourth-order valence-corrected chi connectivity index (χ4v) is 3.27. The van der Waals surface area contributed by atoms with Crippen LogP contribution in [0.5, 0.6) is 11.5 Å². The van der Waals surface area contributed by atoms with Gasteiger partial charge in [0.05, 0.1) is 6.61 Å². The van der Waals surface area contributed by atoms with Crippen molar-refractivity contribution in [3.8, 4) is 33.8 Å². The fraction of sp³-hybridized carbons (Fsp3) is 0.222. The maximum atomic E-state index is 10.5. The Labute approximate surface area is 189 Å². The van der Waals surface area contributed by atoms with Gasteiger partial charge in [-0.15, -0.1) is 0 Å². The highest BCUT2D eigenvalue weighted by Crippen LogP contribution is 2.34. The molecule has 1 heterocycles. The van der Waals surface area contributed by atoms with E-state index in [9.17, 15) is 5.11 Å². The summed E-state index contributed by atoms with van der Waals surface area (Å²) < 4.78 is 5.76. The molecule has 5 nitrogen and oxygen atoms in total. The predicted molar refractivity (Wildman–Crippen MR) is 128 cm³/mol. The first-order valence-electron chi connectivity index (χ1n) is 10.9. The van der Waals surface area contributed by atoms with E-state index >= 15 is 0 Å². The Balaban J connectivity index is 0.000000416. The molecule has 32 heavy (non-hydrogen) atoms. The number of unbranched alkanes of at least 4 members (excludes halogenated alkanes) is 3. The van der Waals surface area contributed by atoms with Crippen LogP contribution in [0.4, 0.5) is 0 Å². The summed E-state index contributed by atoms with van der Waals surface area (Å²) in [7, 11) is 0. The summed E-state index contributed by atoms with van der Waals surface area (Å²) in [6.07, 6.45) is 9.01. The smallest absolute Gasteiger partial charge is 0.127 e.